The molecule has 0 aliphatic heterocycles. The number of nitrogens with two attached hydrogens (primary N) is 2. The molecule has 1 aromatic rings. The lowest BCUT2D eigenvalue weighted by Gasteiger charge is -2.39. The summed E-state index contributed by atoms with van der Waals surface area (Å²) in [5, 5.41) is 0. The molecule has 0 unspecified atom stereocenters. The maximum Gasteiger partial charge on any atom is 0.249 e. The summed E-state index contributed by atoms with van der Waals surface area (Å²) < 4.78 is 0. The Hall–Kier alpha value is -1.84. The molecule has 0 radical (unpaired) electrons. The highest BCUT2D eigenvalue weighted by Gasteiger charge is 2.35. The van der Waals surface area contributed by atoms with Crippen molar-refractivity contribution in [2.75, 3.05) is 0 Å². The normalized spacial score (nSPS) is 27.2. The number of rotatable bonds is 4. The van der Waals surface area contributed by atoms with E-state index >= 15 is 0 Å². The molecule has 1 aromatic carbocycles. The third kappa shape index (κ3) is 5.38. The van der Waals surface area contributed by atoms with Crippen LogP contribution in [0.2, 0.25) is 0 Å². The van der Waals surface area contributed by atoms with Crippen LogP contribution in [0, 0.1) is 22.7 Å². The van der Waals surface area contributed by atoms with Crippen LogP contribution in [0.1, 0.15) is 137 Å². The lowest BCUT2D eigenvalue weighted by atomic mass is 9.66. The van der Waals surface area contributed by atoms with Gasteiger partial charge in [0.1, 0.15) is 0 Å². The Morgan fingerprint density at radius 3 is 1.19 bits per heavy atom. The lowest BCUT2D eigenvalue weighted by molar-refractivity contribution is 0.0997. The quantitative estimate of drug-likeness (QED) is 0.558. The van der Waals surface area contributed by atoms with Crippen molar-refractivity contribution in [1.29, 1.82) is 0 Å². The van der Waals surface area contributed by atoms with E-state index in [-0.39, 0.29) is 0 Å². The minimum absolute atomic E-state index is 0.310. The molecule has 32 heavy (non-hydrogen) atoms. The summed E-state index contributed by atoms with van der Waals surface area (Å²) in [6.45, 7) is 13.9. The van der Waals surface area contributed by atoms with E-state index in [0.29, 0.717) is 45.6 Å². The largest absolute Gasteiger partial charge is 0.366 e. The molecule has 2 fully saturated rings. The van der Waals surface area contributed by atoms with E-state index in [1.54, 1.807) is 6.07 Å². The second-order valence-corrected chi connectivity index (χ2v) is 12.6. The molecule has 4 N–H and O–H groups in total. The zero-order valence-electron chi connectivity index (χ0n) is 21.1. The Bertz CT molecular complexity index is 776. The summed E-state index contributed by atoms with van der Waals surface area (Å²) in [6, 6.07) is 3.85. The number of primary amides is 2. The van der Waals surface area contributed by atoms with Gasteiger partial charge in [-0.2, -0.15) is 0 Å². The van der Waals surface area contributed by atoms with Gasteiger partial charge in [0.15, 0.2) is 0 Å². The summed E-state index contributed by atoms with van der Waals surface area (Å²) in [7, 11) is 0. The molecule has 2 aliphatic carbocycles. The van der Waals surface area contributed by atoms with Crippen LogP contribution in [0.25, 0.3) is 0 Å². The minimum Gasteiger partial charge on any atom is -0.366 e. The monoisotopic (exact) mass is 440 g/mol. The minimum atomic E-state index is -0.455. The van der Waals surface area contributed by atoms with Gasteiger partial charge in [0, 0.05) is 11.1 Å². The molecule has 4 heteroatoms. The molecule has 0 aromatic heterocycles. The first-order chi connectivity index (χ1) is 14.8. The van der Waals surface area contributed by atoms with Crippen molar-refractivity contribution in [3.8, 4) is 0 Å². The van der Waals surface area contributed by atoms with Crippen LogP contribution in [0.3, 0.4) is 0 Å². The Morgan fingerprint density at radius 2 is 0.938 bits per heavy atom. The topological polar surface area (TPSA) is 86.2 Å². The maximum atomic E-state index is 12.4. The highest BCUT2D eigenvalue weighted by Crippen LogP contribution is 2.47. The number of amides is 2. The third-order valence-corrected chi connectivity index (χ3v) is 8.54. The second-order valence-electron chi connectivity index (χ2n) is 12.6. The zero-order valence-corrected chi connectivity index (χ0v) is 21.1. The average Bonchev–Trinajstić information content (AvgIpc) is 2.71. The summed E-state index contributed by atoms with van der Waals surface area (Å²) >= 11 is 0. The van der Waals surface area contributed by atoms with E-state index in [4.69, 9.17) is 11.5 Å². The highest BCUT2D eigenvalue weighted by atomic mass is 16.1. The van der Waals surface area contributed by atoms with E-state index in [2.05, 4.69) is 47.6 Å². The van der Waals surface area contributed by atoms with Crippen molar-refractivity contribution in [2.24, 2.45) is 34.1 Å². The molecule has 2 amide bonds. The van der Waals surface area contributed by atoms with E-state index in [1.807, 2.05) is 0 Å². The molecule has 0 heterocycles. The number of hydrogen-bond donors (Lipinski definition) is 2. The van der Waals surface area contributed by atoms with Crippen LogP contribution in [0.4, 0.5) is 0 Å². The molecule has 4 nitrogen and oxygen atoms in total. The van der Waals surface area contributed by atoms with Crippen molar-refractivity contribution in [3.63, 3.8) is 0 Å². The zero-order chi connectivity index (χ0) is 23.8. The van der Waals surface area contributed by atoms with E-state index < -0.39 is 11.8 Å². The molecule has 0 saturated heterocycles. The Morgan fingerprint density at radius 1 is 0.625 bits per heavy atom. The van der Waals surface area contributed by atoms with E-state index in [1.165, 1.54) is 0 Å². The van der Waals surface area contributed by atoms with Gasteiger partial charge in [-0.3, -0.25) is 9.59 Å². The molecule has 178 valence electrons. The standard InChI is InChI=1S/C28H44N2O2/c1-27(2,3)19-11-7-17(8-12-19)21-15-22(24(26(30)32)16-23(21)25(29)31)18-9-13-20(14-10-18)28(4,5)6/h15-20H,7-14H2,1-6H3,(H2,29,31)(H2,30,32). The molecule has 3 rings (SSSR count). The van der Waals surface area contributed by atoms with Crippen LogP contribution in [0.15, 0.2) is 12.1 Å². The van der Waals surface area contributed by atoms with Gasteiger partial charge in [-0.15, -0.1) is 0 Å². The van der Waals surface area contributed by atoms with Gasteiger partial charge >= 0.3 is 0 Å². The first-order valence-corrected chi connectivity index (χ1v) is 12.6. The fourth-order valence-corrected chi connectivity index (χ4v) is 6.28. The number of carbonyl (C=O) groups is 2. The van der Waals surface area contributed by atoms with Crippen molar-refractivity contribution in [3.05, 3.63) is 34.4 Å². The lowest BCUT2D eigenvalue weighted by Crippen LogP contribution is -2.28. The first kappa shape index (κ1) is 24.8. The average molecular weight is 441 g/mol. The molecule has 0 spiro atoms. The fraction of sp³-hybridized carbons (Fsp3) is 0.714. The Balaban J connectivity index is 1.93. The number of hydrogen-bond acceptors (Lipinski definition) is 2. The van der Waals surface area contributed by atoms with Gasteiger partial charge in [-0.25, -0.2) is 0 Å². The highest BCUT2D eigenvalue weighted by molar-refractivity contribution is 6.00. The summed E-state index contributed by atoms with van der Waals surface area (Å²) in [5.74, 6) is 1.14. The fourth-order valence-electron chi connectivity index (χ4n) is 6.28. The molecule has 2 aliphatic rings. The van der Waals surface area contributed by atoms with Crippen LogP contribution in [-0.4, -0.2) is 11.8 Å². The molecule has 2 saturated carbocycles. The van der Waals surface area contributed by atoms with Crippen molar-refractivity contribution < 1.29 is 9.59 Å². The molecule has 0 atom stereocenters. The van der Waals surface area contributed by atoms with Gasteiger partial charge in [0.05, 0.1) is 0 Å². The number of benzene rings is 1. The number of carbonyl (C=O) groups excluding carboxylic acids is 2. The van der Waals surface area contributed by atoms with E-state index in [9.17, 15) is 9.59 Å². The third-order valence-electron chi connectivity index (χ3n) is 8.54. The molecular weight excluding hydrogens is 396 g/mol. The van der Waals surface area contributed by atoms with Crippen molar-refractivity contribution >= 4 is 11.8 Å². The Labute approximate surface area is 194 Å². The predicted octanol–water partition coefficient (Wildman–Crippen LogP) is 6.52. The smallest absolute Gasteiger partial charge is 0.249 e. The summed E-state index contributed by atoms with van der Waals surface area (Å²) in [5.41, 5.74) is 15.3. The van der Waals surface area contributed by atoms with Gasteiger partial charge in [-0.1, -0.05) is 47.6 Å². The van der Waals surface area contributed by atoms with Gasteiger partial charge in [0.2, 0.25) is 11.8 Å². The molecule has 0 bridgehead atoms. The summed E-state index contributed by atoms with van der Waals surface area (Å²) in [6.07, 6.45) is 8.91. The van der Waals surface area contributed by atoms with E-state index in [0.717, 1.165) is 62.5 Å². The Kier molecular flexibility index (Phi) is 7.12. The van der Waals surface area contributed by atoms with Crippen molar-refractivity contribution in [1.82, 2.24) is 0 Å². The summed E-state index contributed by atoms with van der Waals surface area (Å²) in [4.78, 5) is 24.7. The van der Waals surface area contributed by atoms with Crippen LogP contribution < -0.4 is 11.5 Å². The van der Waals surface area contributed by atoms with Crippen LogP contribution in [0.5, 0.6) is 0 Å². The van der Waals surface area contributed by atoms with Gasteiger partial charge in [0.25, 0.3) is 0 Å². The maximum absolute atomic E-state index is 12.4. The van der Waals surface area contributed by atoms with Crippen LogP contribution in [-0.2, 0) is 0 Å². The van der Waals surface area contributed by atoms with Crippen molar-refractivity contribution in [2.45, 2.75) is 105 Å². The van der Waals surface area contributed by atoms with Gasteiger partial charge < -0.3 is 11.5 Å². The second kappa shape index (κ2) is 9.19. The SMILES string of the molecule is CC(C)(C)C1CCC(c2cc(C3CCC(C(C)(C)C)CC3)c(C(N)=O)cc2C(N)=O)CC1. The first-order valence-electron chi connectivity index (χ1n) is 12.6. The van der Waals surface area contributed by atoms with Crippen LogP contribution >= 0.6 is 0 Å². The molecular formula is C28H44N2O2. The predicted molar refractivity (Wildman–Crippen MR) is 132 cm³/mol. The van der Waals surface area contributed by atoms with Gasteiger partial charge in [-0.05, 0) is 103 Å².